The van der Waals surface area contributed by atoms with Crippen LogP contribution in [-0.4, -0.2) is 37.0 Å². The van der Waals surface area contributed by atoms with E-state index < -0.39 is 24.5 Å². The molecule has 1 atom stereocenters. The van der Waals surface area contributed by atoms with E-state index in [0.717, 1.165) is 11.1 Å². The van der Waals surface area contributed by atoms with Crippen LogP contribution in [0.15, 0.2) is 36.4 Å². The molecule has 0 bridgehead atoms. The van der Waals surface area contributed by atoms with Gasteiger partial charge in [0, 0.05) is 18.6 Å². The molecule has 3 rings (SSSR count). The van der Waals surface area contributed by atoms with E-state index in [1.807, 2.05) is 31.2 Å². The van der Waals surface area contributed by atoms with Crippen molar-refractivity contribution >= 4 is 29.3 Å². The van der Waals surface area contributed by atoms with Gasteiger partial charge in [-0.1, -0.05) is 29.8 Å². The second kappa shape index (κ2) is 9.95. The van der Waals surface area contributed by atoms with Crippen molar-refractivity contribution in [2.24, 2.45) is 0 Å². The highest BCUT2D eigenvalue weighted by Gasteiger charge is 2.22. The van der Waals surface area contributed by atoms with Crippen LogP contribution in [0.3, 0.4) is 0 Å². The van der Waals surface area contributed by atoms with Gasteiger partial charge in [-0.05, 0) is 25.5 Å². The average molecular weight is 440 g/mol. The lowest BCUT2D eigenvalue weighted by Gasteiger charge is -2.18. The number of carbonyl (C=O) groups is 4. The number of ether oxygens (including phenoxy) is 3. The lowest BCUT2D eigenvalue weighted by atomic mass is 10.0. The molecule has 0 spiro atoms. The molecule has 9 nitrogen and oxygen atoms in total. The van der Waals surface area contributed by atoms with Gasteiger partial charge in [0.15, 0.2) is 23.9 Å². The summed E-state index contributed by atoms with van der Waals surface area (Å²) in [5.74, 6) is -1.02. The molecular formula is C23H24N2O7. The Morgan fingerprint density at radius 1 is 1.03 bits per heavy atom. The molecule has 0 fully saturated rings. The first kappa shape index (κ1) is 22.8. The summed E-state index contributed by atoms with van der Waals surface area (Å²) in [5.41, 5.74) is 2.28. The van der Waals surface area contributed by atoms with Crippen LogP contribution in [0, 0.1) is 6.92 Å². The van der Waals surface area contributed by atoms with Crippen LogP contribution in [-0.2, 0) is 19.1 Å². The SMILES string of the molecule is CC(=O)NC(CC(=O)OCC(=O)Nc1cc2c(cc1C(C)=O)OCO2)c1ccc(C)cc1. The zero-order valence-corrected chi connectivity index (χ0v) is 18.0. The van der Waals surface area contributed by atoms with Gasteiger partial charge in [-0.3, -0.25) is 19.2 Å². The molecule has 32 heavy (non-hydrogen) atoms. The molecule has 0 radical (unpaired) electrons. The fraction of sp³-hybridized carbons (Fsp3) is 0.304. The standard InChI is InChI=1S/C23H24N2O7/c1-13-4-6-16(7-5-13)18(24-15(3)27)10-23(29)30-11-22(28)25-19-9-21-20(31-12-32-21)8-17(19)14(2)26/h4-9,18H,10-12H2,1-3H3,(H,24,27)(H,25,28). The Morgan fingerprint density at radius 3 is 2.31 bits per heavy atom. The maximum Gasteiger partial charge on any atom is 0.308 e. The van der Waals surface area contributed by atoms with Crippen LogP contribution >= 0.6 is 0 Å². The van der Waals surface area contributed by atoms with Crippen molar-refractivity contribution in [2.75, 3.05) is 18.7 Å². The lowest BCUT2D eigenvalue weighted by Crippen LogP contribution is -2.29. The lowest BCUT2D eigenvalue weighted by molar-refractivity contribution is -0.148. The molecular weight excluding hydrogens is 416 g/mol. The molecule has 2 amide bonds. The van der Waals surface area contributed by atoms with E-state index in [4.69, 9.17) is 14.2 Å². The monoisotopic (exact) mass is 440 g/mol. The third kappa shape index (κ3) is 5.84. The van der Waals surface area contributed by atoms with Crippen molar-refractivity contribution in [3.05, 3.63) is 53.1 Å². The largest absolute Gasteiger partial charge is 0.455 e. The van der Waals surface area contributed by atoms with Crippen molar-refractivity contribution in [1.82, 2.24) is 5.32 Å². The minimum absolute atomic E-state index is 0.0259. The first-order chi connectivity index (χ1) is 15.2. The first-order valence-electron chi connectivity index (χ1n) is 9.96. The van der Waals surface area contributed by atoms with Crippen LogP contribution in [0.2, 0.25) is 0 Å². The summed E-state index contributed by atoms with van der Waals surface area (Å²) >= 11 is 0. The third-order valence-corrected chi connectivity index (χ3v) is 4.76. The number of Topliss-reactive ketones (excluding diaryl/α,β-unsaturated/α-hetero) is 1. The van der Waals surface area contributed by atoms with Gasteiger partial charge in [-0.25, -0.2) is 0 Å². The summed E-state index contributed by atoms with van der Waals surface area (Å²) in [5, 5.41) is 5.27. The normalized spacial score (nSPS) is 12.6. The van der Waals surface area contributed by atoms with Crippen LogP contribution in [0.5, 0.6) is 11.5 Å². The Morgan fingerprint density at radius 2 is 1.69 bits per heavy atom. The van der Waals surface area contributed by atoms with E-state index in [9.17, 15) is 19.2 Å². The third-order valence-electron chi connectivity index (χ3n) is 4.76. The molecule has 1 unspecified atom stereocenters. The summed E-state index contributed by atoms with van der Waals surface area (Å²) < 4.78 is 15.6. The number of fused-ring (bicyclic) bond motifs is 1. The number of nitrogens with one attached hydrogen (secondary N) is 2. The molecule has 0 saturated heterocycles. The fourth-order valence-corrected chi connectivity index (χ4v) is 3.19. The Bertz CT molecular complexity index is 1050. The van der Waals surface area contributed by atoms with Crippen molar-refractivity contribution in [3.63, 3.8) is 0 Å². The number of aryl methyl sites for hydroxylation is 1. The van der Waals surface area contributed by atoms with E-state index in [-0.39, 0.29) is 36.2 Å². The fourth-order valence-electron chi connectivity index (χ4n) is 3.19. The summed E-state index contributed by atoms with van der Waals surface area (Å²) in [6.07, 6.45) is -0.140. The van der Waals surface area contributed by atoms with Crippen LogP contribution < -0.4 is 20.1 Å². The number of ketones is 1. The van der Waals surface area contributed by atoms with Gasteiger partial charge in [0.05, 0.1) is 18.2 Å². The Hall–Kier alpha value is -3.88. The Balaban J connectivity index is 1.60. The molecule has 2 N–H and O–H groups in total. The van der Waals surface area contributed by atoms with Gasteiger partial charge in [0.1, 0.15) is 0 Å². The van der Waals surface area contributed by atoms with Crippen LogP contribution in [0.1, 0.15) is 47.8 Å². The van der Waals surface area contributed by atoms with Crippen molar-refractivity contribution in [1.29, 1.82) is 0 Å². The second-order valence-corrected chi connectivity index (χ2v) is 7.38. The summed E-state index contributed by atoms with van der Waals surface area (Å²) in [4.78, 5) is 48.1. The molecule has 2 aromatic rings. The van der Waals surface area contributed by atoms with Gasteiger partial charge in [-0.15, -0.1) is 0 Å². The molecule has 1 heterocycles. The average Bonchev–Trinajstić information content (AvgIpc) is 3.19. The van der Waals surface area contributed by atoms with Gasteiger partial charge < -0.3 is 24.8 Å². The van der Waals surface area contributed by atoms with Gasteiger partial charge in [-0.2, -0.15) is 0 Å². The molecule has 0 aliphatic carbocycles. The molecule has 1 aliphatic heterocycles. The predicted octanol–water partition coefficient (Wildman–Crippen LogP) is 2.68. The Labute approximate surface area is 185 Å². The maximum absolute atomic E-state index is 12.3. The number of rotatable bonds is 8. The minimum atomic E-state index is -0.656. The summed E-state index contributed by atoms with van der Waals surface area (Å²) in [6.45, 7) is 4.13. The first-order valence-corrected chi connectivity index (χ1v) is 9.96. The molecule has 9 heteroatoms. The summed E-state index contributed by atoms with van der Waals surface area (Å²) in [6, 6.07) is 9.79. The summed E-state index contributed by atoms with van der Waals surface area (Å²) in [7, 11) is 0. The predicted molar refractivity (Wildman–Crippen MR) is 115 cm³/mol. The van der Waals surface area contributed by atoms with Crippen molar-refractivity contribution < 1.29 is 33.4 Å². The van der Waals surface area contributed by atoms with E-state index in [1.165, 1.54) is 26.0 Å². The number of benzene rings is 2. The molecule has 1 aliphatic rings. The number of hydrogen-bond acceptors (Lipinski definition) is 7. The van der Waals surface area contributed by atoms with E-state index in [2.05, 4.69) is 10.6 Å². The highest BCUT2D eigenvalue weighted by Crippen LogP contribution is 2.37. The zero-order chi connectivity index (χ0) is 23.3. The molecule has 0 aromatic heterocycles. The molecule has 0 saturated carbocycles. The highest BCUT2D eigenvalue weighted by molar-refractivity contribution is 6.05. The quantitative estimate of drug-likeness (QED) is 0.478. The van der Waals surface area contributed by atoms with Gasteiger partial charge in [0.25, 0.3) is 5.91 Å². The smallest absolute Gasteiger partial charge is 0.308 e. The van der Waals surface area contributed by atoms with Crippen LogP contribution in [0.4, 0.5) is 5.69 Å². The maximum atomic E-state index is 12.3. The minimum Gasteiger partial charge on any atom is -0.455 e. The Kier molecular flexibility index (Phi) is 7.09. The topological polar surface area (TPSA) is 120 Å². The van der Waals surface area contributed by atoms with Gasteiger partial charge in [0.2, 0.25) is 12.7 Å². The zero-order valence-electron chi connectivity index (χ0n) is 18.0. The van der Waals surface area contributed by atoms with E-state index in [1.54, 1.807) is 0 Å². The van der Waals surface area contributed by atoms with Gasteiger partial charge >= 0.3 is 5.97 Å². The number of amides is 2. The number of hydrogen-bond donors (Lipinski definition) is 2. The number of carbonyl (C=O) groups excluding carboxylic acids is 4. The van der Waals surface area contributed by atoms with Crippen LogP contribution in [0.25, 0.3) is 0 Å². The van der Waals surface area contributed by atoms with E-state index >= 15 is 0 Å². The second-order valence-electron chi connectivity index (χ2n) is 7.38. The molecule has 2 aromatic carbocycles. The highest BCUT2D eigenvalue weighted by atomic mass is 16.7. The van der Waals surface area contributed by atoms with E-state index in [0.29, 0.717) is 11.5 Å². The number of esters is 1. The molecule has 168 valence electrons. The van der Waals surface area contributed by atoms with Crippen molar-refractivity contribution in [3.8, 4) is 11.5 Å². The number of anilines is 1. The van der Waals surface area contributed by atoms with Crippen molar-refractivity contribution in [2.45, 2.75) is 33.2 Å².